The van der Waals surface area contributed by atoms with E-state index >= 15 is 0 Å². The van der Waals surface area contributed by atoms with Crippen molar-refractivity contribution in [2.24, 2.45) is 0 Å². The smallest absolute Gasteiger partial charge is 0.251 e. The molecule has 2 heterocycles. The topological polar surface area (TPSA) is 62.3 Å². The second-order valence-corrected chi connectivity index (χ2v) is 5.89. The standard InChI is InChI=1S/C18H18FN3O2/c1-22-11-14(8-9-16(22)23)21-18(24)13-6-4-12(5-7-13)17-15(19)3-2-10-20-17/h2-7,10,14H,8-9,11H2,1H3,(H,21,24)/t14-/m1/s1. The Morgan fingerprint density at radius 2 is 2.04 bits per heavy atom. The number of hydrogen-bond donors (Lipinski definition) is 1. The average molecular weight is 327 g/mol. The number of benzene rings is 1. The van der Waals surface area contributed by atoms with Crippen LogP contribution in [0.15, 0.2) is 42.6 Å². The van der Waals surface area contributed by atoms with Gasteiger partial charge in [-0.15, -0.1) is 0 Å². The lowest BCUT2D eigenvalue weighted by Gasteiger charge is -2.30. The van der Waals surface area contributed by atoms with Crippen LogP contribution in [0.25, 0.3) is 11.3 Å². The van der Waals surface area contributed by atoms with E-state index in [-0.39, 0.29) is 23.6 Å². The number of nitrogens with zero attached hydrogens (tertiary/aromatic N) is 2. The third kappa shape index (κ3) is 3.42. The zero-order valence-corrected chi connectivity index (χ0v) is 13.3. The molecular weight excluding hydrogens is 309 g/mol. The summed E-state index contributed by atoms with van der Waals surface area (Å²) in [6.45, 7) is 0.516. The Kier molecular flexibility index (Phi) is 4.55. The van der Waals surface area contributed by atoms with Gasteiger partial charge in [-0.3, -0.25) is 14.6 Å². The van der Waals surface area contributed by atoms with Crippen molar-refractivity contribution in [3.05, 3.63) is 54.0 Å². The van der Waals surface area contributed by atoms with Gasteiger partial charge in [-0.25, -0.2) is 4.39 Å². The van der Waals surface area contributed by atoms with E-state index in [1.807, 2.05) is 0 Å². The molecule has 0 spiro atoms. The molecule has 24 heavy (non-hydrogen) atoms. The predicted molar refractivity (Wildman–Crippen MR) is 87.8 cm³/mol. The van der Waals surface area contributed by atoms with E-state index in [9.17, 15) is 14.0 Å². The Balaban J connectivity index is 1.68. The molecule has 124 valence electrons. The van der Waals surface area contributed by atoms with Crippen LogP contribution < -0.4 is 5.32 Å². The van der Waals surface area contributed by atoms with Crippen LogP contribution in [-0.2, 0) is 4.79 Å². The molecule has 5 nitrogen and oxygen atoms in total. The van der Waals surface area contributed by atoms with Crippen molar-refractivity contribution in [1.82, 2.24) is 15.2 Å². The van der Waals surface area contributed by atoms with E-state index in [1.54, 1.807) is 36.2 Å². The van der Waals surface area contributed by atoms with Crippen LogP contribution in [0.3, 0.4) is 0 Å². The second kappa shape index (κ2) is 6.78. The van der Waals surface area contributed by atoms with Crippen LogP contribution in [-0.4, -0.2) is 41.3 Å². The first kappa shape index (κ1) is 16.1. The summed E-state index contributed by atoms with van der Waals surface area (Å²) in [6.07, 6.45) is 2.62. The largest absolute Gasteiger partial charge is 0.348 e. The van der Waals surface area contributed by atoms with E-state index in [1.165, 1.54) is 18.3 Å². The van der Waals surface area contributed by atoms with Gasteiger partial charge >= 0.3 is 0 Å². The summed E-state index contributed by atoms with van der Waals surface area (Å²) in [6, 6.07) is 9.49. The highest BCUT2D eigenvalue weighted by molar-refractivity contribution is 5.95. The molecule has 0 bridgehead atoms. The number of rotatable bonds is 3. The normalized spacial score (nSPS) is 17.7. The number of carbonyl (C=O) groups is 2. The Hall–Kier alpha value is -2.76. The van der Waals surface area contributed by atoms with E-state index in [4.69, 9.17) is 0 Å². The van der Waals surface area contributed by atoms with Crippen molar-refractivity contribution in [2.75, 3.05) is 13.6 Å². The van der Waals surface area contributed by atoms with Gasteiger partial charge in [-0.1, -0.05) is 12.1 Å². The lowest BCUT2D eigenvalue weighted by atomic mass is 10.0. The minimum atomic E-state index is -0.399. The molecule has 1 fully saturated rings. The van der Waals surface area contributed by atoms with Gasteiger partial charge in [0.25, 0.3) is 5.91 Å². The van der Waals surface area contributed by atoms with Gasteiger partial charge in [0.1, 0.15) is 11.5 Å². The number of likely N-dealkylation sites (tertiary alicyclic amines) is 1. The van der Waals surface area contributed by atoms with Gasteiger partial charge < -0.3 is 10.2 Å². The van der Waals surface area contributed by atoms with E-state index in [2.05, 4.69) is 10.3 Å². The first-order valence-electron chi connectivity index (χ1n) is 7.80. The minimum absolute atomic E-state index is 0.0480. The Morgan fingerprint density at radius 1 is 1.29 bits per heavy atom. The number of halogens is 1. The zero-order valence-electron chi connectivity index (χ0n) is 13.3. The molecule has 1 N–H and O–H groups in total. The van der Waals surface area contributed by atoms with Gasteiger partial charge in [-0.05, 0) is 30.7 Å². The number of hydrogen-bond acceptors (Lipinski definition) is 3. The van der Waals surface area contributed by atoms with Crippen molar-refractivity contribution in [2.45, 2.75) is 18.9 Å². The number of aromatic nitrogens is 1. The summed E-state index contributed by atoms with van der Waals surface area (Å²) in [5, 5.41) is 2.93. The van der Waals surface area contributed by atoms with Gasteiger partial charge in [-0.2, -0.15) is 0 Å². The van der Waals surface area contributed by atoms with Gasteiger partial charge in [0.15, 0.2) is 0 Å². The quantitative estimate of drug-likeness (QED) is 0.940. The third-order valence-corrected chi connectivity index (χ3v) is 4.14. The van der Waals surface area contributed by atoms with Crippen LogP contribution >= 0.6 is 0 Å². The monoisotopic (exact) mass is 327 g/mol. The molecule has 0 radical (unpaired) electrons. The highest BCUT2D eigenvalue weighted by Crippen LogP contribution is 2.20. The molecular formula is C18H18FN3O2. The molecule has 2 amide bonds. The van der Waals surface area contributed by atoms with Crippen LogP contribution in [0.2, 0.25) is 0 Å². The maximum atomic E-state index is 13.7. The van der Waals surface area contributed by atoms with Crippen molar-refractivity contribution < 1.29 is 14.0 Å². The van der Waals surface area contributed by atoms with Crippen molar-refractivity contribution in [3.8, 4) is 11.3 Å². The molecule has 0 aliphatic carbocycles. The average Bonchev–Trinajstić information content (AvgIpc) is 2.59. The van der Waals surface area contributed by atoms with Crippen LogP contribution in [0.1, 0.15) is 23.2 Å². The van der Waals surface area contributed by atoms with Crippen molar-refractivity contribution in [3.63, 3.8) is 0 Å². The van der Waals surface area contributed by atoms with Crippen molar-refractivity contribution in [1.29, 1.82) is 0 Å². The molecule has 1 aliphatic heterocycles. The fourth-order valence-corrected chi connectivity index (χ4v) is 2.78. The summed E-state index contributed by atoms with van der Waals surface area (Å²) in [5.41, 5.74) is 1.37. The summed E-state index contributed by atoms with van der Waals surface area (Å²) >= 11 is 0. The number of likely N-dealkylation sites (N-methyl/N-ethyl adjacent to an activating group) is 1. The lowest BCUT2D eigenvalue weighted by molar-refractivity contribution is -0.132. The molecule has 6 heteroatoms. The molecule has 1 aromatic carbocycles. The fraction of sp³-hybridized carbons (Fsp3) is 0.278. The first-order chi connectivity index (χ1) is 11.5. The Labute approximate surface area is 139 Å². The lowest BCUT2D eigenvalue weighted by Crippen LogP contribution is -2.48. The number of pyridine rings is 1. The molecule has 1 saturated heterocycles. The van der Waals surface area contributed by atoms with Gasteiger partial charge in [0, 0.05) is 43.4 Å². The molecule has 1 aromatic heterocycles. The maximum absolute atomic E-state index is 13.7. The van der Waals surface area contributed by atoms with Crippen LogP contribution in [0, 0.1) is 5.82 Å². The van der Waals surface area contributed by atoms with Crippen LogP contribution in [0.5, 0.6) is 0 Å². The second-order valence-electron chi connectivity index (χ2n) is 5.89. The van der Waals surface area contributed by atoms with Crippen LogP contribution in [0.4, 0.5) is 4.39 Å². The number of nitrogens with one attached hydrogen (secondary N) is 1. The molecule has 0 unspecified atom stereocenters. The SMILES string of the molecule is CN1C[C@H](NC(=O)c2ccc(-c3ncccc3F)cc2)CCC1=O. The molecule has 3 rings (SSSR count). The van der Waals surface area contributed by atoms with Gasteiger partial charge in [0.05, 0.1) is 0 Å². The predicted octanol–water partition coefficient (Wildman–Crippen LogP) is 2.24. The van der Waals surface area contributed by atoms with Crippen molar-refractivity contribution >= 4 is 11.8 Å². The molecule has 2 aromatic rings. The number of piperidine rings is 1. The van der Waals surface area contributed by atoms with Gasteiger partial charge in [0.2, 0.25) is 5.91 Å². The zero-order chi connectivity index (χ0) is 17.1. The summed E-state index contributed by atoms with van der Waals surface area (Å²) in [4.78, 5) is 29.4. The number of carbonyl (C=O) groups excluding carboxylic acids is 2. The molecule has 1 aliphatic rings. The summed E-state index contributed by atoms with van der Waals surface area (Å²) < 4.78 is 13.7. The van der Waals surface area contributed by atoms with E-state index in [0.717, 1.165) is 0 Å². The highest BCUT2D eigenvalue weighted by atomic mass is 19.1. The Bertz CT molecular complexity index is 761. The summed E-state index contributed by atoms with van der Waals surface area (Å²) in [5.74, 6) is -0.498. The highest BCUT2D eigenvalue weighted by Gasteiger charge is 2.24. The Morgan fingerprint density at radius 3 is 2.71 bits per heavy atom. The molecule has 1 atom stereocenters. The fourth-order valence-electron chi connectivity index (χ4n) is 2.78. The maximum Gasteiger partial charge on any atom is 0.251 e. The molecule has 0 saturated carbocycles. The third-order valence-electron chi connectivity index (χ3n) is 4.14. The number of amides is 2. The van der Waals surface area contributed by atoms with E-state index < -0.39 is 5.82 Å². The summed E-state index contributed by atoms with van der Waals surface area (Å²) in [7, 11) is 1.73. The van der Waals surface area contributed by atoms with E-state index in [0.29, 0.717) is 30.5 Å². The minimum Gasteiger partial charge on any atom is -0.348 e. The first-order valence-corrected chi connectivity index (χ1v) is 7.80.